The first kappa shape index (κ1) is 22.9. The molecule has 4 saturated carbocycles. The highest BCUT2D eigenvalue weighted by atomic mass is 16.3. The maximum atomic E-state index is 10.3. The normalized spacial score (nSPS) is 48.6. The second kappa shape index (κ2) is 8.24. The molecule has 0 spiro atoms. The molecule has 172 valence electrons. The molecule has 0 saturated heterocycles. The smallest absolute Gasteiger partial charge is 0.0543 e. The highest BCUT2D eigenvalue weighted by molar-refractivity contribution is 5.13. The molecular weight excluding hydrogens is 364 g/mol. The maximum Gasteiger partial charge on any atom is 0.0543 e. The molecule has 10 unspecified atom stereocenters. The monoisotopic (exact) mass is 414 g/mol. The topological polar surface area (TPSA) is 20.2 Å². The van der Waals surface area contributed by atoms with E-state index >= 15 is 0 Å². The SMILES string of the molecule is CC(=CC(C)C1CCC2C3CCC4CC(O)CCC4(C)C3CCC12C)C(C)C(C)C. The Labute approximate surface area is 187 Å². The highest BCUT2D eigenvalue weighted by Crippen LogP contribution is 2.68. The standard InChI is InChI=1S/C29H50O/c1-18(2)21(5)19(3)16-20(4)25-10-11-26-24-9-8-22-17-23(30)12-14-28(22,6)27(24)13-15-29(25,26)7/h16,18,20-27,30H,8-15,17H2,1-7H3. The summed E-state index contributed by atoms with van der Waals surface area (Å²) in [5, 5.41) is 10.3. The van der Waals surface area contributed by atoms with Crippen LogP contribution in [-0.2, 0) is 0 Å². The molecule has 1 heteroatoms. The summed E-state index contributed by atoms with van der Waals surface area (Å²) in [5.74, 6) is 6.64. The molecule has 0 aromatic carbocycles. The third kappa shape index (κ3) is 3.64. The third-order valence-corrected chi connectivity index (χ3v) is 11.6. The van der Waals surface area contributed by atoms with E-state index in [1.54, 1.807) is 5.57 Å². The van der Waals surface area contributed by atoms with Crippen LogP contribution in [0.3, 0.4) is 0 Å². The van der Waals surface area contributed by atoms with E-state index < -0.39 is 0 Å². The fraction of sp³-hybridized carbons (Fsp3) is 0.931. The summed E-state index contributed by atoms with van der Waals surface area (Å²) < 4.78 is 0. The Morgan fingerprint density at radius 2 is 1.53 bits per heavy atom. The van der Waals surface area contributed by atoms with E-state index in [1.165, 1.54) is 44.9 Å². The molecule has 4 aliphatic carbocycles. The molecule has 0 heterocycles. The van der Waals surface area contributed by atoms with Gasteiger partial charge in [0.25, 0.3) is 0 Å². The molecule has 4 rings (SSSR count). The first-order valence-corrected chi connectivity index (χ1v) is 13.4. The number of allylic oxidation sites excluding steroid dienone is 2. The molecule has 0 aromatic rings. The van der Waals surface area contributed by atoms with Gasteiger partial charge < -0.3 is 5.11 Å². The zero-order valence-corrected chi connectivity index (χ0v) is 21.1. The van der Waals surface area contributed by atoms with Gasteiger partial charge in [0.05, 0.1) is 6.10 Å². The van der Waals surface area contributed by atoms with Crippen LogP contribution < -0.4 is 0 Å². The molecule has 1 N–H and O–H groups in total. The summed E-state index contributed by atoms with van der Waals surface area (Å²) >= 11 is 0. The van der Waals surface area contributed by atoms with Crippen LogP contribution in [0.4, 0.5) is 0 Å². The van der Waals surface area contributed by atoms with Crippen LogP contribution >= 0.6 is 0 Å². The Hall–Kier alpha value is -0.300. The lowest BCUT2D eigenvalue weighted by Crippen LogP contribution is -2.54. The molecular formula is C29H50O. The number of aliphatic hydroxyl groups is 1. The van der Waals surface area contributed by atoms with E-state index in [2.05, 4.69) is 54.5 Å². The van der Waals surface area contributed by atoms with Crippen molar-refractivity contribution in [2.75, 3.05) is 0 Å². The second-order valence-corrected chi connectivity index (χ2v) is 13.1. The minimum Gasteiger partial charge on any atom is -0.393 e. The van der Waals surface area contributed by atoms with Gasteiger partial charge in [0.2, 0.25) is 0 Å². The lowest BCUT2D eigenvalue weighted by atomic mass is 9.44. The van der Waals surface area contributed by atoms with Crippen molar-refractivity contribution >= 4 is 0 Å². The Morgan fingerprint density at radius 3 is 2.23 bits per heavy atom. The lowest BCUT2D eigenvalue weighted by molar-refractivity contribution is -0.128. The van der Waals surface area contributed by atoms with Gasteiger partial charge in [-0.05, 0) is 123 Å². The Bertz CT molecular complexity index is 649. The Balaban J connectivity index is 1.52. The molecule has 0 radical (unpaired) electrons. The van der Waals surface area contributed by atoms with E-state index in [0.29, 0.717) is 16.7 Å². The number of hydrogen-bond donors (Lipinski definition) is 1. The molecule has 1 nitrogen and oxygen atoms in total. The quantitative estimate of drug-likeness (QED) is 0.464. The van der Waals surface area contributed by atoms with Gasteiger partial charge >= 0.3 is 0 Å². The molecule has 10 atom stereocenters. The van der Waals surface area contributed by atoms with E-state index in [9.17, 15) is 5.11 Å². The van der Waals surface area contributed by atoms with Crippen LogP contribution in [-0.4, -0.2) is 11.2 Å². The first-order chi connectivity index (χ1) is 14.1. The first-order valence-electron chi connectivity index (χ1n) is 13.4. The van der Waals surface area contributed by atoms with Crippen molar-refractivity contribution in [3.63, 3.8) is 0 Å². The van der Waals surface area contributed by atoms with Gasteiger partial charge in [-0.2, -0.15) is 0 Å². The van der Waals surface area contributed by atoms with Crippen molar-refractivity contribution < 1.29 is 5.11 Å². The summed E-state index contributed by atoms with van der Waals surface area (Å²) in [7, 11) is 0. The molecule has 30 heavy (non-hydrogen) atoms. The van der Waals surface area contributed by atoms with Crippen LogP contribution in [0.25, 0.3) is 0 Å². The molecule has 0 aliphatic heterocycles. The van der Waals surface area contributed by atoms with Crippen LogP contribution in [0.1, 0.15) is 106 Å². The minimum absolute atomic E-state index is 0.0200. The van der Waals surface area contributed by atoms with Gasteiger partial charge in [-0.3, -0.25) is 0 Å². The van der Waals surface area contributed by atoms with Crippen molar-refractivity contribution in [3.05, 3.63) is 11.6 Å². The van der Waals surface area contributed by atoms with Crippen molar-refractivity contribution in [2.24, 2.45) is 58.2 Å². The van der Waals surface area contributed by atoms with Crippen LogP contribution in [0.5, 0.6) is 0 Å². The predicted octanol–water partition coefficient (Wildman–Crippen LogP) is 7.88. The summed E-state index contributed by atoms with van der Waals surface area (Å²) in [6.07, 6.45) is 14.7. The van der Waals surface area contributed by atoms with Gasteiger partial charge in [0, 0.05) is 0 Å². The molecule has 4 aliphatic rings. The summed E-state index contributed by atoms with van der Waals surface area (Å²) in [6.45, 7) is 17.4. The Kier molecular flexibility index (Phi) is 6.28. The predicted molar refractivity (Wildman–Crippen MR) is 128 cm³/mol. The van der Waals surface area contributed by atoms with Crippen LogP contribution in [0.2, 0.25) is 0 Å². The van der Waals surface area contributed by atoms with Crippen molar-refractivity contribution in [2.45, 2.75) is 112 Å². The largest absolute Gasteiger partial charge is 0.393 e. The van der Waals surface area contributed by atoms with Crippen LogP contribution in [0.15, 0.2) is 11.6 Å². The van der Waals surface area contributed by atoms with E-state index in [1.807, 2.05) is 0 Å². The molecule has 0 bridgehead atoms. The third-order valence-electron chi connectivity index (χ3n) is 11.6. The molecule has 0 amide bonds. The van der Waals surface area contributed by atoms with Gasteiger partial charge in [-0.25, -0.2) is 0 Å². The average molecular weight is 415 g/mol. The van der Waals surface area contributed by atoms with Crippen molar-refractivity contribution in [1.82, 2.24) is 0 Å². The fourth-order valence-electron chi connectivity index (χ4n) is 9.35. The van der Waals surface area contributed by atoms with Gasteiger partial charge in [0.15, 0.2) is 0 Å². The zero-order valence-electron chi connectivity index (χ0n) is 21.1. The minimum atomic E-state index is -0.0200. The maximum absolute atomic E-state index is 10.3. The number of aliphatic hydroxyl groups excluding tert-OH is 1. The number of hydrogen-bond acceptors (Lipinski definition) is 1. The lowest BCUT2D eigenvalue weighted by Gasteiger charge is -2.61. The van der Waals surface area contributed by atoms with Crippen molar-refractivity contribution in [3.8, 4) is 0 Å². The summed E-state index contributed by atoms with van der Waals surface area (Å²) in [5.41, 5.74) is 2.68. The summed E-state index contributed by atoms with van der Waals surface area (Å²) in [4.78, 5) is 0. The van der Waals surface area contributed by atoms with Crippen LogP contribution in [0, 0.1) is 58.2 Å². The number of rotatable bonds is 4. The second-order valence-electron chi connectivity index (χ2n) is 13.1. The van der Waals surface area contributed by atoms with E-state index in [0.717, 1.165) is 54.3 Å². The van der Waals surface area contributed by atoms with Gasteiger partial charge in [-0.1, -0.05) is 53.2 Å². The average Bonchev–Trinajstić information content (AvgIpc) is 3.05. The van der Waals surface area contributed by atoms with Crippen molar-refractivity contribution in [1.29, 1.82) is 0 Å². The fourth-order valence-corrected chi connectivity index (χ4v) is 9.35. The zero-order chi connectivity index (χ0) is 21.8. The molecule has 4 fully saturated rings. The van der Waals surface area contributed by atoms with E-state index in [4.69, 9.17) is 0 Å². The van der Waals surface area contributed by atoms with Gasteiger partial charge in [-0.15, -0.1) is 0 Å². The summed E-state index contributed by atoms with van der Waals surface area (Å²) in [6, 6.07) is 0. The number of fused-ring (bicyclic) bond motifs is 5. The molecule has 0 aromatic heterocycles. The van der Waals surface area contributed by atoms with Gasteiger partial charge in [0.1, 0.15) is 0 Å². The highest BCUT2D eigenvalue weighted by Gasteiger charge is 2.60. The Morgan fingerprint density at radius 1 is 0.867 bits per heavy atom. The van der Waals surface area contributed by atoms with E-state index in [-0.39, 0.29) is 6.10 Å².